The van der Waals surface area contributed by atoms with E-state index in [1.165, 1.54) is 0 Å². The summed E-state index contributed by atoms with van der Waals surface area (Å²) in [5.41, 5.74) is 1.91. The van der Waals surface area contributed by atoms with E-state index in [-0.39, 0.29) is 11.5 Å². The van der Waals surface area contributed by atoms with Gasteiger partial charge in [-0.3, -0.25) is 4.79 Å². The van der Waals surface area contributed by atoms with Gasteiger partial charge in [0.15, 0.2) is 0 Å². The Morgan fingerprint density at radius 2 is 1.75 bits per heavy atom. The van der Waals surface area contributed by atoms with E-state index in [2.05, 4.69) is 21.9 Å². The average molecular weight is 436 g/mol. The molecule has 0 bridgehead atoms. The summed E-state index contributed by atoms with van der Waals surface area (Å²) in [5, 5.41) is 9.83. The van der Waals surface area contributed by atoms with Crippen molar-refractivity contribution in [2.45, 2.75) is 57.1 Å². The van der Waals surface area contributed by atoms with Crippen molar-refractivity contribution in [2.75, 3.05) is 31.6 Å². The van der Waals surface area contributed by atoms with Crippen molar-refractivity contribution in [3.05, 3.63) is 42.6 Å². The number of ether oxygens (including phenoxy) is 1. The Kier molecular flexibility index (Phi) is 5.80. The average Bonchev–Trinajstić information content (AvgIpc) is 3.15. The van der Waals surface area contributed by atoms with Crippen LogP contribution in [0.15, 0.2) is 42.6 Å². The lowest BCUT2D eigenvalue weighted by Gasteiger charge is -2.41. The monoisotopic (exact) mass is 435 g/mol. The molecule has 3 heterocycles. The smallest absolute Gasteiger partial charge is 0.230 e. The number of aliphatic hydroxyl groups excluding tert-OH is 1. The second-order valence-corrected chi connectivity index (χ2v) is 9.65. The zero-order chi connectivity index (χ0) is 22.1. The van der Waals surface area contributed by atoms with Crippen LogP contribution in [0.5, 0.6) is 5.75 Å². The van der Waals surface area contributed by atoms with Crippen molar-refractivity contribution in [2.24, 2.45) is 5.41 Å². The van der Waals surface area contributed by atoms with Gasteiger partial charge in [-0.25, -0.2) is 4.98 Å². The molecule has 1 aromatic carbocycles. The highest BCUT2D eigenvalue weighted by Gasteiger charge is 2.50. The van der Waals surface area contributed by atoms with Crippen LogP contribution in [0.25, 0.3) is 11.1 Å². The fraction of sp³-hybridized carbons (Fsp3) is 0.538. The Hall–Kier alpha value is -2.60. The van der Waals surface area contributed by atoms with Gasteiger partial charge in [0, 0.05) is 37.4 Å². The minimum Gasteiger partial charge on any atom is -0.497 e. The summed E-state index contributed by atoms with van der Waals surface area (Å²) >= 11 is 0. The SMILES string of the molecule is COc1ccc(-c2ccc(N3CCC[C@]4(CCN(C5CCC(O)CC5)C4=O)C3)nc2)cc1. The van der Waals surface area contributed by atoms with Gasteiger partial charge in [0.25, 0.3) is 0 Å². The number of aromatic nitrogens is 1. The highest BCUT2D eigenvalue weighted by Crippen LogP contribution is 2.43. The summed E-state index contributed by atoms with van der Waals surface area (Å²) in [5.74, 6) is 2.13. The molecule has 170 valence electrons. The van der Waals surface area contributed by atoms with Crippen LogP contribution in [0.4, 0.5) is 5.82 Å². The molecular formula is C26H33N3O3. The van der Waals surface area contributed by atoms with Gasteiger partial charge >= 0.3 is 0 Å². The molecule has 3 aliphatic rings. The topological polar surface area (TPSA) is 65.9 Å². The molecule has 0 radical (unpaired) electrons. The maximum absolute atomic E-state index is 13.5. The van der Waals surface area contributed by atoms with Crippen molar-refractivity contribution in [3.63, 3.8) is 0 Å². The third kappa shape index (κ3) is 3.96. The van der Waals surface area contributed by atoms with Crippen LogP contribution in [0.1, 0.15) is 44.9 Å². The number of carbonyl (C=O) groups is 1. The third-order valence-electron chi connectivity index (χ3n) is 7.72. The quantitative estimate of drug-likeness (QED) is 0.790. The predicted molar refractivity (Wildman–Crippen MR) is 125 cm³/mol. The number of likely N-dealkylation sites (tertiary alicyclic amines) is 1. The zero-order valence-electron chi connectivity index (χ0n) is 18.9. The number of piperidine rings is 1. The molecule has 6 heteroatoms. The van der Waals surface area contributed by atoms with Crippen molar-refractivity contribution < 1.29 is 14.6 Å². The van der Waals surface area contributed by atoms with Gasteiger partial charge in [-0.2, -0.15) is 0 Å². The highest BCUT2D eigenvalue weighted by molar-refractivity contribution is 5.86. The Morgan fingerprint density at radius 3 is 2.44 bits per heavy atom. The number of nitrogens with zero attached hydrogens (tertiary/aromatic N) is 3. The van der Waals surface area contributed by atoms with E-state index in [1.807, 2.05) is 30.5 Å². The summed E-state index contributed by atoms with van der Waals surface area (Å²) < 4.78 is 5.24. The number of rotatable bonds is 4. The number of methoxy groups -OCH3 is 1. The predicted octanol–water partition coefficient (Wildman–Crippen LogP) is 3.88. The van der Waals surface area contributed by atoms with Gasteiger partial charge in [0.05, 0.1) is 18.6 Å². The molecule has 1 spiro atoms. The van der Waals surface area contributed by atoms with Crippen LogP contribution in [0, 0.1) is 5.41 Å². The summed E-state index contributed by atoms with van der Waals surface area (Å²) in [6.07, 6.45) is 8.16. The standard InChI is InChI=1S/C26H33N3O3/c1-32-23-10-3-19(4-11-23)20-5-12-24(27-17-20)28-15-2-13-26(18-28)14-16-29(25(26)31)21-6-8-22(30)9-7-21/h3-5,10-12,17,21-22,30H,2,6-9,13-16,18H2,1H3/t21?,22?,26-/m0/s1. The lowest BCUT2D eigenvalue weighted by Crippen LogP contribution is -2.50. The number of hydrogen-bond donors (Lipinski definition) is 1. The molecule has 3 fully saturated rings. The van der Waals surface area contributed by atoms with Gasteiger partial charge < -0.3 is 19.6 Å². The Labute approximate surface area is 190 Å². The van der Waals surface area contributed by atoms with Crippen LogP contribution in [0.3, 0.4) is 0 Å². The number of benzene rings is 1. The van der Waals surface area contributed by atoms with Crippen LogP contribution >= 0.6 is 0 Å². The minimum absolute atomic E-state index is 0.185. The number of aliphatic hydroxyl groups is 1. The fourth-order valence-corrected chi connectivity index (χ4v) is 5.80. The Balaban J connectivity index is 1.28. The molecule has 1 saturated carbocycles. The molecule has 1 amide bonds. The minimum atomic E-state index is -0.273. The first-order valence-electron chi connectivity index (χ1n) is 11.9. The largest absolute Gasteiger partial charge is 0.497 e. The van der Waals surface area contributed by atoms with Crippen molar-refractivity contribution in [3.8, 4) is 16.9 Å². The lowest BCUT2D eigenvalue weighted by atomic mass is 9.78. The molecule has 0 unspecified atom stereocenters. The summed E-state index contributed by atoms with van der Waals surface area (Å²) in [7, 11) is 1.67. The first kappa shape index (κ1) is 21.3. The van der Waals surface area contributed by atoms with Gasteiger partial charge in [-0.15, -0.1) is 0 Å². The lowest BCUT2D eigenvalue weighted by molar-refractivity contribution is -0.139. The second kappa shape index (κ2) is 8.74. The van der Waals surface area contributed by atoms with Crippen LogP contribution in [-0.2, 0) is 4.79 Å². The van der Waals surface area contributed by atoms with Crippen molar-refractivity contribution in [1.82, 2.24) is 9.88 Å². The van der Waals surface area contributed by atoms with Gasteiger partial charge in [0.2, 0.25) is 5.91 Å². The van der Waals surface area contributed by atoms with E-state index < -0.39 is 0 Å². The molecule has 1 atom stereocenters. The first-order chi connectivity index (χ1) is 15.6. The Bertz CT molecular complexity index is 938. The summed E-state index contributed by atoms with van der Waals surface area (Å²) in [6, 6.07) is 12.5. The molecular weight excluding hydrogens is 402 g/mol. The molecule has 2 aliphatic heterocycles. The molecule has 2 saturated heterocycles. The number of amides is 1. The van der Waals surface area contributed by atoms with Gasteiger partial charge in [-0.1, -0.05) is 12.1 Å². The van der Waals surface area contributed by atoms with E-state index in [1.54, 1.807) is 7.11 Å². The second-order valence-electron chi connectivity index (χ2n) is 9.65. The fourth-order valence-electron chi connectivity index (χ4n) is 5.80. The van der Waals surface area contributed by atoms with E-state index in [0.29, 0.717) is 11.9 Å². The van der Waals surface area contributed by atoms with Gasteiger partial charge in [-0.05, 0) is 74.8 Å². The van der Waals surface area contributed by atoms with Crippen LogP contribution in [0.2, 0.25) is 0 Å². The van der Waals surface area contributed by atoms with Gasteiger partial charge in [0.1, 0.15) is 11.6 Å². The Morgan fingerprint density at radius 1 is 1.00 bits per heavy atom. The van der Waals surface area contributed by atoms with E-state index >= 15 is 0 Å². The van der Waals surface area contributed by atoms with E-state index in [4.69, 9.17) is 9.72 Å². The maximum atomic E-state index is 13.5. The summed E-state index contributed by atoms with van der Waals surface area (Å²) in [6.45, 7) is 2.56. The molecule has 1 N–H and O–H groups in total. The van der Waals surface area contributed by atoms with Crippen LogP contribution in [-0.4, -0.2) is 59.8 Å². The molecule has 2 aromatic rings. The maximum Gasteiger partial charge on any atom is 0.230 e. The molecule has 6 nitrogen and oxygen atoms in total. The third-order valence-corrected chi connectivity index (χ3v) is 7.72. The van der Waals surface area contributed by atoms with E-state index in [0.717, 1.165) is 87.3 Å². The number of anilines is 1. The van der Waals surface area contributed by atoms with Crippen LogP contribution < -0.4 is 9.64 Å². The number of pyridine rings is 1. The first-order valence-corrected chi connectivity index (χ1v) is 11.9. The zero-order valence-corrected chi connectivity index (χ0v) is 18.9. The molecule has 32 heavy (non-hydrogen) atoms. The number of hydrogen-bond acceptors (Lipinski definition) is 5. The molecule has 1 aliphatic carbocycles. The number of carbonyl (C=O) groups excluding carboxylic acids is 1. The normalized spacial score (nSPS) is 28.4. The van der Waals surface area contributed by atoms with Crippen molar-refractivity contribution >= 4 is 11.7 Å². The van der Waals surface area contributed by atoms with Crippen molar-refractivity contribution in [1.29, 1.82) is 0 Å². The molecule has 5 rings (SSSR count). The van der Waals surface area contributed by atoms with E-state index in [9.17, 15) is 9.90 Å². The molecule has 1 aromatic heterocycles. The summed E-state index contributed by atoms with van der Waals surface area (Å²) in [4.78, 5) is 22.7. The highest BCUT2D eigenvalue weighted by atomic mass is 16.5.